The number of Topliss-reactive ketones (excluding diaryl/α,β-unsaturated/α-hetero) is 2. The molecule has 0 unspecified atom stereocenters. The fraction of sp³-hybridized carbons (Fsp3) is 0.407. The Labute approximate surface area is 222 Å². The maximum absolute atomic E-state index is 14.0. The molecule has 0 spiro atoms. The van der Waals surface area contributed by atoms with Gasteiger partial charge in [-0.3, -0.25) is 19.5 Å². The fourth-order valence-corrected chi connectivity index (χ4v) is 6.65. The van der Waals surface area contributed by atoms with Crippen molar-refractivity contribution in [3.05, 3.63) is 52.4 Å². The van der Waals surface area contributed by atoms with Gasteiger partial charge >= 0.3 is 0 Å². The van der Waals surface area contributed by atoms with E-state index < -0.39 is 58.0 Å². The van der Waals surface area contributed by atoms with Gasteiger partial charge in [0.1, 0.15) is 22.8 Å². The number of phenols is 1. The Hall–Kier alpha value is -4.00. The summed E-state index contributed by atoms with van der Waals surface area (Å²) in [5.74, 6) is -6.83. The number of aliphatic hydroxyl groups excluding tert-OH is 2. The first kappa shape index (κ1) is 25.3. The van der Waals surface area contributed by atoms with E-state index in [1.165, 1.54) is 6.07 Å². The highest BCUT2D eigenvalue weighted by atomic mass is 16.5. The largest absolute Gasteiger partial charge is 0.508 e. The molecule has 1 saturated heterocycles. The Kier molecular flexibility index (Phi) is 5.86. The number of carbonyl (C=O) groups excluding carboxylic acids is 3. The number of aromatic amines is 1. The molecule has 2 heterocycles. The molecule has 1 aromatic heterocycles. The molecule has 4 atom stereocenters. The number of primary amides is 1. The van der Waals surface area contributed by atoms with E-state index >= 15 is 0 Å². The van der Waals surface area contributed by atoms with Gasteiger partial charge in [-0.2, -0.15) is 5.10 Å². The summed E-state index contributed by atoms with van der Waals surface area (Å²) in [5.41, 5.74) is 3.61. The number of nitrogens with one attached hydrogen (secondary N) is 2. The van der Waals surface area contributed by atoms with Crippen LogP contribution < -0.4 is 11.1 Å². The monoisotopic (exact) mass is 536 g/mol. The fourth-order valence-electron chi connectivity index (χ4n) is 6.65. The molecule has 2 aromatic rings. The first-order chi connectivity index (χ1) is 18.6. The van der Waals surface area contributed by atoms with Gasteiger partial charge in [0.2, 0.25) is 5.78 Å². The molecule has 0 bridgehead atoms. The van der Waals surface area contributed by atoms with Crippen molar-refractivity contribution < 1.29 is 39.5 Å². The maximum atomic E-state index is 14.0. The lowest BCUT2D eigenvalue weighted by Crippen LogP contribution is -2.67. The van der Waals surface area contributed by atoms with Crippen LogP contribution in [0.1, 0.15) is 30.4 Å². The van der Waals surface area contributed by atoms with E-state index in [0.29, 0.717) is 42.9 Å². The number of H-pyrrole nitrogens is 1. The number of aromatic nitrogens is 2. The minimum Gasteiger partial charge on any atom is -0.508 e. The highest BCUT2D eigenvalue weighted by molar-refractivity contribution is 6.24. The van der Waals surface area contributed by atoms with Crippen molar-refractivity contribution in [1.82, 2.24) is 15.5 Å². The lowest BCUT2D eigenvalue weighted by molar-refractivity contribution is -0.150. The molecular formula is C27H28N4O8. The predicted molar refractivity (Wildman–Crippen MR) is 135 cm³/mol. The van der Waals surface area contributed by atoms with Gasteiger partial charge in [-0.25, -0.2) is 0 Å². The zero-order chi connectivity index (χ0) is 27.6. The van der Waals surface area contributed by atoms with E-state index in [4.69, 9.17) is 10.5 Å². The Morgan fingerprint density at radius 1 is 1.15 bits per heavy atom. The predicted octanol–water partition coefficient (Wildman–Crippen LogP) is 0.561. The van der Waals surface area contributed by atoms with E-state index in [9.17, 15) is 34.8 Å². The average molecular weight is 537 g/mol. The number of ketones is 2. The summed E-state index contributed by atoms with van der Waals surface area (Å²) >= 11 is 0. The molecular weight excluding hydrogens is 508 g/mol. The van der Waals surface area contributed by atoms with Crippen molar-refractivity contribution in [2.45, 2.75) is 43.4 Å². The van der Waals surface area contributed by atoms with E-state index in [1.54, 1.807) is 18.3 Å². The number of nitrogens with two attached hydrogens (primary N) is 1. The molecule has 1 amide bonds. The molecule has 0 radical (unpaired) electrons. The molecule has 2 fully saturated rings. The summed E-state index contributed by atoms with van der Waals surface area (Å²) in [6.45, 7) is 0.909. The second kappa shape index (κ2) is 9.04. The number of aliphatic hydroxyl groups is 3. The number of amides is 1. The summed E-state index contributed by atoms with van der Waals surface area (Å²) in [7, 11) is 0. The molecule has 12 heteroatoms. The van der Waals surface area contributed by atoms with Crippen LogP contribution >= 0.6 is 0 Å². The van der Waals surface area contributed by atoms with Gasteiger partial charge < -0.3 is 36.2 Å². The van der Waals surface area contributed by atoms with Crippen LogP contribution in [0.15, 0.2) is 41.3 Å². The lowest BCUT2D eigenvalue weighted by atomic mass is 9.57. The van der Waals surface area contributed by atoms with E-state index in [1.807, 2.05) is 0 Å². The summed E-state index contributed by atoms with van der Waals surface area (Å²) in [6.07, 6.45) is 2.91. The van der Waals surface area contributed by atoms with Crippen LogP contribution in [0.2, 0.25) is 0 Å². The van der Waals surface area contributed by atoms with Crippen LogP contribution in [0.25, 0.3) is 17.0 Å². The average Bonchev–Trinajstić information content (AvgIpc) is 3.44. The minimum atomic E-state index is -2.69. The molecule has 12 nitrogen and oxygen atoms in total. The van der Waals surface area contributed by atoms with E-state index in [0.717, 1.165) is 0 Å². The van der Waals surface area contributed by atoms with Crippen LogP contribution in [0, 0.1) is 11.8 Å². The Bertz CT molecular complexity index is 1460. The number of benzene rings is 1. The van der Waals surface area contributed by atoms with Crippen molar-refractivity contribution in [2.75, 3.05) is 13.2 Å². The van der Waals surface area contributed by atoms with Crippen LogP contribution in [-0.4, -0.2) is 79.0 Å². The maximum Gasteiger partial charge on any atom is 0.255 e. The summed E-state index contributed by atoms with van der Waals surface area (Å²) in [4.78, 5) is 39.8. The third kappa shape index (κ3) is 3.63. The first-order valence-electron chi connectivity index (χ1n) is 12.8. The number of rotatable bonds is 4. The molecule has 6 rings (SSSR count). The van der Waals surface area contributed by atoms with Gasteiger partial charge in [-0.1, -0.05) is 0 Å². The second-order valence-electron chi connectivity index (χ2n) is 10.5. The minimum absolute atomic E-state index is 0.0157. The number of hydrogen-bond acceptors (Lipinski definition) is 10. The van der Waals surface area contributed by atoms with E-state index in [-0.39, 0.29) is 35.8 Å². The molecule has 4 aliphatic rings. The van der Waals surface area contributed by atoms with E-state index in [2.05, 4.69) is 15.5 Å². The van der Waals surface area contributed by atoms with Crippen molar-refractivity contribution in [3.8, 4) is 17.0 Å². The number of fused-ring (bicyclic) bond motifs is 3. The van der Waals surface area contributed by atoms with Crippen LogP contribution in [0.5, 0.6) is 5.75 Å². The third-order valence-electron chi connectivity index (χ3n) is 8.51. The number of aromatic hydroxyl groups is 1. The molecule has 1 aromatic carbocycles. The van der Waals surface area contributed by atoms with Gasteiger partial charge in [0, 0.05) is 42.5 Å². The number of nitrogens with zero attached hydrogens (tertiary/aromatic N) is 1. The summed E-state index contributed by atoms with van der Waals surface area (Å²) < 4.78 is 5.39. The third-order valence-corrected chi connectivity index (χ3v) is 8.51. The lowest BCUT2D eigenvalue weighted by Gasteiger charge is -2.49. The Morgan fingerprint density at radius 3 is 2.56 bits per heavy atom. The van der Waals surface area contributed by atoms with Crippen LogP contribution in [0.4, 0.5) is 0 Å². The molecule has 1 saturated carbocycles. The van der Waals surface area contributed by atoms with Crippen LogP contribution in [0.3, 0.4) is 0 Å². The Morgan fingerprint density at radius 2 is 1.90 bits per heavy atom. The smallest absolute Gasteiger partial charge is 0.255 e. The van der Waals surface area contributed by atoms with Gasteiger partial charge in [0.15, 0.2) is 11.4 Å². The van der Waals surface area contributed by atoms with Crippen molar-refractivity contribution in [3.63, 3.8) is 0 Å². The highest BCUT2D eigenvalue weighted by Crippen LogP contribution is 2.53. The molecule has 204 valence electrons. The number of carbonyl (C=O) groups is 3. The summed E-state index contributed by atoms with van der Waals surface area (Å²) in [6, 6.07) is 3.40. The molecule has 8 N–H and O–H groups in total. The van der Waals surface area contributed by atoms with Crippen molar-refractivity contribution >= 4 is 23.2 Å². The SMILES string of the molecule is NC(=O)C1=C(O)[C@@]2(O)C(=O)C3=C(O)c4c(O)ccc(-c5ccn[nH]5)c4C[C@H]3C[C@H]2[C@@H](NC2CCOCC2)C1=O. The quantitative estimate of drug-likeness (QED) is 0.270. The zero-order valence-corrected chi connectivity index (χ0v) is 20.8. The number of hydrogen-bond donors (Lipinski definition) is 7. The zero-order valence-electron chi connectivity index (χ0n) is 20.8. The second-order valence-corrected chi connectivity index (χ2v) is 10.5. The van der Waals surface area contributed by atoms with Crippen molar-refractivity contribution in [1.29, 1.82) is 0 Å². The molecule has 39 heavy (non-hydrogen) atoms. The highest BCUT2D eigenvalue weighted by Gasteiger charge is 2.64. The van der Waals surface area contributed by atoms with Gasteiger partial charge in [-0.05, 0) is 55.4 Å². The van der Waals surface area contributed by atoms with Crippen molar-refractivity contribution in [2.24, 2.45) is 17.6 Å². The summed E-state index contributed by atoms with van der Waals surface area (Å²) in [5, 5.41) is 54.9. The molecule has 1 aliphatic heterocycles. The molecule has 3 aliphatic carbocycles. The first-order valence-corrected chi connectivity index (χ1v) is 12.8. The standard InChI is InChI=1S/C27H28N4O8/c28-26(37)20-23(34)21(30-12-4-7-39-8-5-12)15-10-11-9-14-13(16-3-6-29-31-16)1-2-17(32)19(14)22(33)18(11)24(35)27(15,38)25(20)36/h1-3,6,11-12,15,21,30,32-33,36,38H,4-5,7-10H2,(H2,28,37)(H,29,31)/t11-,15-,21+,27-/m0/s1. The normalized spacial score (nSPS) is 29.2. The number of ether oxygens (including phenoxy) is 1. The Balaban J connectivity index is 1.51. The topological polar surface area (TPSA) is 208 Å². The van der Waals surface area contributed by atoms with Crippen LogP contribution in [-0.2, 0) is 25.5 Å². The number of phenolic OH excluding ortho intramolecular Hbond substituents is 1. The van der Waals surface area contributed by atoms with Gasteiger partial charge in [-0.15, -0.1) is 0 Å². The van der Waals surface area contributed by atoms with Gasteiger partial charge in [0.25, 0.3) is 5.91 Å². The van der Waals surface area contributed by atoms with Gasteiger partial charge in [0.05, 0.1) is 17.3 Å².